The molecular weight excluding hydrogens is 283 g/mol. The van der Waals surface area contributed by atoms with Crippen LogP contribution in [0.4, 0.5) is 10.1 Å². The van der Waals surface area contributed by atoms with E-state index in [9.17, 15) is 17.9 Å². The van der Waals surface area contributed by atoms with E-state index in [-0.39, 0.29) is 5.69 Å². The summed E-state index contributed by atoms with van der Waals surface area (Å²) in [6.45, 7) is 0. The minimum atomic E-state index is -3.98. The average molecular weight is 302 g/mol. The highest BCUT2D eigenvalue weighted by Crippen LogP contribution is 2.28. The minimum absolute atomic E-state index is 0.168. The van der Waals surface area contributed by atoms with Crippen LogP contribution >= 0.6 is 0 Å². The van der Waals surface area contributed by atoms with Crippen molar-refractivity contribution < 1.29 is 17.9 Å². The Morgan fingerprint density at radius 3 is 2.60 bits per heavy atom. The third kappa shape index (κ3) is 2.79. The first-order chi connectivity index (χ1) is 9.34. The molecule has 112 valence electrons. The highest BCUT2D eigenvalue weighted by Gasteiger charge is 2.35. The smallest absolute Gasteiger partial charge is 0.246 e. The van der Waals surface area contributed by atoms with Crippen LogP contribution in [0.3, 0.4) is 0 Å². The molecule has 0 amide bonds. The maximum atomic E-state index is 13.8. The molecule has 0 saturated heterocycles. The topological polar surface area (TPSA) is 83.6 Å². The van der Waals surface area contributed by atoms with E-state index in [4.69, 9.17) is 5.73 Å². The molecule has 20 heavy (non-hydrogen) atoms. The van der Waals surface area contributed by atoms with Gasteiger partial charge in [0, 0.05) is 12.7 Å². The number of hydrogen-bond donors (Lipinski definition) is 2. The van der Waals surface area contributed by atoms with Crippen molar-refractivity contribution in [3.8, 4) is 0 Å². The molecule has 1 saturated carbocycles. The lowest BCUT2D eigenvalue weighted by atomic mass is 9.93. The number of anilines is 1. The fraction of sp³-hybridized carbons (Fsp3) is 0.538. The third-order valence-corrected chi connectivity index (χ3v) is 5.69. The molecular formula is C13H19FN2O3S. The molecule has 0 aliphatic heterocycles. The molecule has 1 aromatic rings. The van der Waals surface area contributed by atoms with Crippen LogP contribution in [0, 0.1) is 5.82 Å². The fourth-order valence-corrected chi connectivity index (χ4v) is 4.03. The molecule has 5 nitrogen and oxygen atoms in total. The van der Waals surface area contributed by atoms with Crippen molar-refractivity contribution in [2.45, 2.75) is 42.7 Å². The Balaban J connectivity index is 2.33. The summed E-state index contributed by atoms with van der Waals surface area (Å²) >= 11 is 0. The van der Waals surface area contributed by atoms with E-state index in [1.807, 2.05) is 0 Å². The molecule has 3 N–H and O–H groups in total. The summed E-state index contributed by atoms with van der Waals surface area (Å²) in [6.07, 6.45) is 2.16. The number of nitrogens with zero attached hydrogens (tertiary/aromatic N) is 1. The van der Waals surface area contributed by atoms with E-state index in [1.165, 1.54) is 13.1 Å². The van der Waals surface area contributed by atoms with E-state index in [1.54, 1.807) is 0 Å². The first kappa shape index (κ1) is 15.2. The molecule has 0 radical (unpaired) electrons. The Labute approximate surface area is 118 Å². The summed E-state index contributed by atoms with van der Waals surface area (Å²) in [4.78, 5) is -0.410. The molecule has 0 heterocycles. The largest absolute Gasteiger partial charge is 0.399 e. The lowest BCUT2D eigenvalue weighted by Gasteiger charge is -2.34. The zero-order valence-electron chi connectivity index (χ0n) is 11.3. The molecule has 7 heteroatoms. The van der Waals surface area contributed by atoms with Gasteiger partial charge in [0.05, 0.1) is 12.1 Å². The Kier molecular flexibility index (Phi) is 4.31. The second-order valence-electron chi connectivity index (χ2n) is 5.13. The van der Waals surface area contributed by atoms with E-state index in [0.717, 1.165) is 29.3 Å². The van der Waals surface area contributed by atoms with E-state index >= 15 is 0 Å². The molecule has 1 aliphatic carbocycles. The van der Waals surface area contributed by atoms with Gasteiger partial charge in [-0.1, -0.05) is 12.8 Å². The van der Waals surface area contributed by atoms with Crippen molar-refractivity contribution in [3.05, 3.63) is 24.0 Å². The van der Waals surface area contributed by atoms with Gasteiger partial charge in [-0.15, -0.1) is 0 Å². The number of nitrogens with two attached hydrogens (primary N) is 1. The second-order valence-corrected chi connectivity index (χ2v) is 7.10. The van der Waals surface area contributed by atoms with Gasteiger partial charge in [0.2, 0.25) is 10.0 Å². The normalized spacial score (nSPS) is 24.0. The van der Waals surface area contributed by atoms with Gasteiger partial charge < -0.3 is 10.8 Å². The molecule has 2 atom stereocenters. The number of aliphatic hydroxyl groups excluding tert-OH is 1. The van der Waals surface area contributed by atoms with Crippen molar-refractivity contribution in [1.82, 2.24) is 4.31 Å². The van der Waals surface area contributed by atoms with Gasteiger partial charge >= 0.3 is 0 Å². The van der Waals surface area contributed by atoms with Crippen LogP contribution in [-0.4, -0.2) is 37.0 Å². The van der Waals surface area contributed by atoms with Gasteiger partial charge in [-0.25, -0.2) is 12.8 Å². The average Bonchev–Trinajstić information content (AvgIpc) is 2.38. The maximum Gasteiger partial charge on any atom is 0.246 e. The van der Waals surface area contributed by atoms with Crippen molar-refractivity contribution in [2.24, 2.45) is 0 Å². The molecule has 1 fully saturated rings. The summed E-state index contributed by atoms with van der Waals surface area (Å²) in [5.41, 5.74) is 5.59. The first-order valence-electron chi connectivity index (χ1n) is 6.55. The van der Waals surface area contributed by atoms with Crippen LogP contribution in [0.5, 0.6) is 0 Å². The Hall–Kier alpha value is -1.18. The van der Waals surface area contributed by atoms with Gasteiger partial charge in [-0.2, -0.15) is 4.31 Å². The maximum absolute atomic E-state index is 13.8. The Morgan fingerprint density at radius 1 is 1.35 bits per heavy atom. The molecule has 1 aliphatic rings. The second kappa shape index (κ2) is 5.67. The van der Waals surface area contributed by atoms with Crippen molar-refractivity contribution in [1.29, 1.82) is 0 Å². The van der Waals surface area contributed by atoms with Gasteiger partial charge in [0.25, 0.3) is 0 Å². The van der Waals surface area contributed by atoms with E-state index < -0.39 is 32.9 Å². The number of nitrogen functional groups attached to an aromatic ring is 1. The number of halogens is 1. The number of rotatable bonds is 3. The highest BCUT2D eigenvalue weighted by molar-refractivity contribution is 7.89. The van der Waals surface area contributed by atoms with Crippen molar-refractivity contribution >= 4 is 15.7 Å². The standard InChI is InChI=1S/C13H19FN2O3S/c1-16(11-4-2-3-5-12(11)17)20(18,19)13-7-6-9(15)8-10(13)14/h6-8,11-12,17H,2-5,15H2,1H3. The SMILES string of the molecule is CN(C1CCCCC1O)S(=O)(=O)c1ccc(N)cc1F. The number of sulfonamides is 1. The zero-order valence-corrected chi connectivity index (χ0v) is 12.1. The van der Waals surface area contributed by atoms with Crippen LogP contribution in [-0.2, 0) is 10.0 Å². The highest BCUT2D eigenvalue weighted by atomic mass is 32.2. The lowest BCUT2D eigenvalue weighted by molar-refractivity contribution is 0.0637. The number of aliphatic hydroxyl groups is 1. The molecule has 0 spiro atoms. The molecule has 0 aromatic heterocycles. The van der Waals surface area contributed by atoms with E-state index in [2.05, 4.69) is 0 Å². The summed E-state index contributed by atoms with van der Waals surface area (Å²) in [6, 6.07) is 2.98. The summed E-state index contributed by atoms with van der Waals surface area (Å²) in [7, 11) is -2.60. The summed E-state index contributed by atoms with van der Waals surface area (Å²) in [5, 5.41) is 9.94. The van der Waals surface area contributed by atoms with Gasteiger partial charge in [0.15, 0.2) is 0 Å². The van der Waals surface area contributed by atoms with Crippen LogP contribution in [0.25, 0.3) is 0 Å². The fourth-order valence-electron chi connectivity index (χ4n) is 2.58. The Morgan fingerprint density at radius 2 is 2.00 bits per heavy atom. The monoisotopic (exact) mass is 302 g/mol. The molecule has 1 aromatic carbocycles. The number of likely N-dealkylation sites (N-methyl/N-ethyl adjacent to an activating group) is 1. The van der Waals surface area contributed by atoms with Crippen LogP contribution in [0.1, 0.15) is 25.7 Å². The molecule has 0 bridgehead atoms. The minimum Gasteiger partial charge on any atom is -0.399 e. The van der Waals surface area contributed by atoms with Gasteiger partial charge in [-0.3, -0.25) is 0 Å². The van der Waals surface area contributed by atoms with Gasteiger partial charge in [0.1, 0.15) is 10.7 Å². The lowest BCUT2D eigenvalue weighted by Crippen LogP contribution is -2.46. The van der Waals surface area contributed by atoms with Crippen LogP contribution in [0.15, 0.2) is 23.1 Å². The summed E-state index contributed by atoms with van der Waals surface area (Å²) in [5.74, 6) is -0.873. The molecule has 2 unspecified atom stereocenters. The predicted molar refractivity (Wildman–Crippen MR) is 74.0 cm³/mol. The van der Waals surface area contributed by atoms with Crippen molar-refractivity contribution in [2.75, 3.05) is 12.8 Å². The third-order valence-electron chi connectivity index (χ3n) is 3.77. The summed E-state index contributed by atoms with van der Waals surface area (Å²) < 4.78 is 39.8. The van der Waals surface area contributed by atoms with Crippen LogP contribution < -0.4 is 5.73 Å². The first-order valence-corrected chi connectivity index (χ1v) is 7.99. The molecule has 2 rings (SSSR count). The number of benzene rings is 1. The van der Waals surface area contributed by atoms with E-state index in [0.29, 0.717) is 12.8 Å². The van der Waals surface area contributed by atoms with Crippen LogP contribution in [0.2, 0.25) is 0 Å². The quantitative estimate of drug-likeness (QED) is 0.825. The van der Waals surface area contributed by atoms with Crippen molar-refractivity contribution in [3.63, 3.8) is 0 Å². The Bertz CT molecular complexity index is 591. The zero-order chi connectivity index (χ0) is 14.9. The number of hydrogen-bond acceptors (Lipinski definition) is 4. The predicted octanol–water partition coefficient (Wildman–Crippen LogP) is 1.33. The van der Waals surface area contributed by atoms with Gasteiger partial charge in [-0.05, 0) is 31.0 Å².